The Balaban J connectivity index is 2.39. The quantitative estimate of drug-likeness (QED) is 0.772. The van der Waals surface area contributed by atoms with Gasteiger partial charge in [-0.05, 0) is 38.0 Å². The molecule has 88 valence electrons. The van der Waals surface area contributed by atoms with Gasteiger partial charge in [0.15, 0.2) is 0 Å². The Bertz CT molecular complexity index is 327. The van der Waals surface area contributed by atoms with Gasteiger partial charge in [0.05, 0.1) is 0 Å². The molecule has 2 N–H and O–H groups in total. The van der Waals surface area contributed by atoms with Crippen LogP contribution in [0.25, 0.3) is 0 Å². The van der Waals surface area contributed by atoms with Crippen molar-refractivity contribution in [3.63, 3.8) is 0 Å². The predicted molar refractivity (Wildman–Crippen MR) is 62.1 cm³/mol. The predicted octanol–water partition coefficient (Wildman–Crippen LogP) is 1.99. The Morgan fingerprint density at radius 3 is 2.62 bits per heavy atom. The van der Waals surface area contributed by atoms with E-state index in [-0.39, 0.29) is 18.5 Å². The minimum Gasteiger partial charge on any atom is -0.481 e. The zero-order chi connectivity index (χ0) is 12.0. The average molecular weight is 222 g/mol. The molecule has 0 saturated carbocycles. The topological polar surface area (TPSA) is 62.2 Å². The SMILES string of the molecule is CC(CCC(=O)O)NC(C)c1ccncc1. The molecule has 1 aromatic rings. The molecule has 0 radical (unpaired) electrons. The van der Waals surface area contributed by atoms with Crippen molar-refractivity contribution >= 4 is 5.97 Å². The third-order valence-corrected chi connectivity index (χ3v) is 2.53. The van der Waals surface area contributed by atoms with Crippen LogP contribution in [0, 0.1) is 0 Å². The summed E-state index contributed by atoms with van der Waals surface area (Å²) in [5, 5.41) is 11.9. The lowest BCUT2D eigenvalue weighted by Crippen LogP contribution is -2.29. The summed E-state index contributed by atoms with van der Waals surface area (Å²) in [5.41, 5.74) is 1.16. The molecule has 0 aliphatic carbocycles. The maximum absolute atomic E-state index is 10.4. The first-order valence-corrected chi connectivity index (χ1v) is 5.47. The van der Waals surface area contributed by atoms with E-state index in [4.69, 9.17) is 5.11 Å². The van der Waals surface area contributed by atoms with Crippen molar-refractivity contribution in [2.45, 2.75) is 38.8 Å². The number of carboxylic acids is 1. The highest BCUT2D eigenvalue weighted by molar-refractivity contribution is 5.66. The van der Waals surface area contributed by atoms with Crippen molar-refractivity contribution in [3.05, 3.63) is 30.1 Å². The van der Waals surface area contributed by atoms with Gasteiger partial charge in [-0.1, -0.05) is 0 Å². The third-order valence-electron chi connectivity index (χ3n) is 2.53. The number of hydrogen-bond donors (Lipinski definition) is 2. The molecule has 2 unspecified atom stereocenters. The first-order valence-electron chi connectivity index (χ1n) is 5.47. The molecule has 0 aliphatic heterocycles. The van der Waals surface area contributed by atoms with Crippen LogP contribution in [0.3, 0.4) is 0 Å². The average Bonchev–Trinajstić information content (AvgIpc) is 2.27. The summed E-state index contributed by atoms with van der Waals surface area (Å²) in [6.07, 6.45) is 4.37. The van der Waals surface area contributed by atoms with Crippen LogP contribution < -0.4 is 5.32 Å². The number of rotatable bonds is 6. The van der Waals surface area contributed by atoms with Crippen LogP contribution in [0.5, 0.6) is 0 Å². The first-order chi connectivity index (χ1) is 7.59. The molecule has 1 aromatic heterocycles. The molecule has 0 saturated heterocycles. The Labute approximate surface area is 95.7 Å². The second-order valence-electron chi connectivity index (χ2n) is 4.00. The molecule has 1 rings (SSSR count). The van der Waals surface area contributed by atoms with Crippen LogP contribution in [-0.4, -0.2) is 22.1 Å². The van der Waals surface area contributed by atoms with Crippen molar-refractivity contribution in [2.24, 2.45) is 0 Å². The van der Waals surface area contributed by atoms with Gasteiger partial charge >= 0.3 is 5.97 Å². The molecule has 16 heavy (non-hydrogen) atoms. The van der Waals surface area contributed by atoms with Crippen molar-refractivity contribution < 1.29 is 9.90 Å². The lowest BCUT2D eigenvalue weighted by molar-refractivity contribution is -0.137. The van der Waals surface area contributed by atoms with Crippen LogP contribution in [0.15, 0.2) is 24.5 Å². The Hall–Kier alpha value is -1.42. The number of carboxylic acid groups (broad SMARTS) is 1. The number of aromatic nitrogens is 1. The fourth-order valence-corrected chi connectivity index (χ4v) is 1.60. The summed E-state index contributed by atoms with van der Waals surface area (Å²) in [6.45, 7) is 4.06. The number of pyridine rings is 1. The van der Waals surface area contributed by atoms with Gasteiger partial charge in [-0.25, -0.2) is 0 Å². The summed E-state index contributed by atoms with van der Waals surface area (Å²) >= 11 is 0. The van der Waals surface area contributed by atoms with Gasteiger partial charge in [0.2, 0.25) is 0 Å². The number of nitrogens with zero attached hydrogens (tertiary/aromatic N) is 1. The van der Waals surface area contributed by atoms with Gasteiger partial charge in [-0.2, -0.15) is 0 Å². The highest BCUT2D eigenvalue weighted by Gasteiger charge is 2.10. The van der Waals surface area contributed by atoms with Crippen LogP contribution >= 0.6 is 0 Å². The van der Waals surface area contributed by atoms with E-state index in [1.807, 2.05) is 19.1 Å². The van der Waals surface area contributed by atoms with Crippen molar-refractivity contribution in [3.8, 4) is 0 Å². The Morgan fingerprint density at radius 1 is 1.44 bits per heavy atom. The third kappa shape index (κ3) is 4.40. The van der Waals surface area contributed by atoms with Crippen molar-refractivity contribution in [2.75, 3.05) is 0 Å². The van der Waals surface area contributed by atoms with Crippen molar-refractivity contribution in [1.82, 2.24) is 10.3 Å². The van der Waals surface area contributed by atoms with Crippen molar-refractivity contribution in [1.29, 1.82) is 0 Å². The molecular formula is C12H18N2O2. The second-order valence-corrected chi connectivity index (χ2v) is 4.00. The number of hydrogen-bond acceptors (Lipinski definition) is 3. The van der Waals surface area contributed by atoms with Crippen LogP contribution in [0.1, 0.15) is 38.3 Å². The van der Waals surface area contributed by atoms with Gasteiger partial charge in [0.1, 0.15) is 0 Å². The van der Waals surface area contributed by atoms with Gasteiger partial charge < -0.3 is 10.4 Å². The zero-order valence-electron chi connectivity index (χ0n) is 9.68. The van der Waals surface area contributed by atoms with Crippen LogP contribution in [0.4, 0.5) is 0 Å². The van der Waals surface area contributed by atoms with E-state index < -0.39 is 5.97 Å². The van der Waals surface area contributed by atoms with E-state index in [1.165, 1.54) is 0 Å². The maximum atomic E-state index is 10.4. The molecule has 0 spiro atoms. The Kier molecular flexibility index (Phi) is 4.92. The molecule has 0 amide bonds. The minimum atomic E-state index is -0.745. The maximum Gasteiger partial charge on any atom is 0.303 e. The molecular weight excluding hydrogens is 204 g/mol. The van der Waals surface area contributed by atoms with E-state index in [0.29, 0.717) is 6.42 Å². The largest absolute Gasteiger partial charge is 0.481 e. The Morgan fingerprint density at radius 2 is 2.06 bits per heavy atom. The fraction of sp³-hybridized carbons (Fsp3) is 0.500. The molecule has 1 heterocycles. The molecule has 0 aliphatic rings. The smallest absolute Gasteiger partial charge is 0.303 e. The lowest BCUT2D eigenvalue weighted by atomic mass is 10.1. The van der Waals surface area contributed by atoms with E-state index in [2.05, 4.69) is 17.2 Å². The zero-order valence-corrected chi connectivity index (χ0v) is 9.68. The minimum absolute atomic E-state index is 0.194. The van der Waals surface area contributed by atoms with Gasteiger partial charge in [0.25, 0.3) is 0 Å². The van der Waals surface area contributed by atoms with E-state index >= 15 is 0 Å². The van der Waals surface area contributed by atoms with Gasteiger partial charge in [0, 0.05) is 30.9 Å². The summed E-state index contributed by atoms with van der Waals surface area (Å²) in [7, 11) is 0. The van der Waals surface area contributed by atoms with E-state index in [1.54, 1.807) is 12.4 Å². The van der Waals surface area contributed by atoms with Gasteiger partial charge in [-0.3, -0.25) is 9.78 Å². The molecule has 4 heteroatoms. The van der Waals surface area contributed by atoms with Crippen LogP contribution in [-0.2, 0) is 4.79 Å². The molecule has 0 bridgehead atoms. The van der Waals surface area contributed by atoms with E-state index in [9.17, 15) is 4.79 Å². The summed E-state index contributed by atoms with van der Waals surface area (Å²) < 4.78 is 0. The molecule has 2 atom stereocenters. The molecule has 0 aromatic carbocycles. The monoisotopic (exact) mass is 222 g/mol. The van der Waals surface area contributed by atoms with Crippen LogP contribution in [0.2, 0.25) is 0 Å². The summed E-state index contributed by atoms with van der Waals surface area (Å²) in [5.74, 6) is -0.745. The summed E-state index contributed by atoms with van der Waals surface area (Å²) in [4.78, 5) is 14.4. The molecule has 4 nitrogen and oxygen atoms in total. The number of carbonyl (C=O) groups is 1. The normalized spacial score (nSPS) is 14.4. The summed E-state index contributed by atoms with van der Waals surface area (Å²) in [6, 6.07) is 4.33. The molecule has 0 fully saturated rings. The number of aliphatic carboxylic acids is 1. The highest BCUT2D eigenvalue weighted by atomic mass is 16.4. The number of nitrogens with one attached hydrogen (secondary N) is 1. The van der Waals surface area contributed by atoms with Gasteiger partial charge in [-0.15, -0.1) is 0 Å². The first kappa shape index (κ1) is 12.6. The highest BCUT2D eigenvalue weighted by Crippen LogP contribution is 2.12. The second kappa shape index (κ2) is 6.23. The standard InChI is InChI=1S/C12H18N2O2/c1-9(3-4-12(15)16)14-10(2)11-5-7-13-8-6-11/h5-10,14H,3-4H2,1-2H3,(H,15,16). The lowest BCUT2D eigenvalue weighted by Gasteiger charge is -2.19. The fourth-order valence-electron chi connectivity index (χ4n) is 1.60. The van der Waals surface area contributed by atoms with E-state index in [0.717, 1.165) is 5.56 Å².